The van der Waals surface area contributed by atoms with Crippen molar-refractivity contribution in [3.63, 3.8) is 0 Å². The van der Waals surface area contributed by atoms with Crippen molar-refractivity contribution in [3.8, 4) is 0 Å². The van der Waals surface area contributed by atoms with Gasteiger partial charge in [0.05, 0.1) is 18.9 Å². The van der Waals surface area contributed by atoms with Crippen LogP contribution in [0.3, 0.4) is 0 Å². The summed E-state index contributed by atoms with van der Waals surface area (Å²) in [5.41, 5.74) is 8.07. The van der Waals surface area contributed by atoms with Gasteiger partial charge >= 0.3 is 0 Å². The van der Waals surface area contributed by atoms with Crippen LogP contribution in [0.15, 0.2) is 96.7 Å². The number of nitrogens with two attached hydrogens (primary N) is 1. The monoisotopic (exact) mass is 548 g/mol. The van der Waals surface area contributed by atoms with Crippen molar-refractivity contribution >= 4 is 14.9 Å². The molecule has 0 amide bonds. The van der Waals surface area contributed by atoms with Crippen LogP contribution in [-0.4, -0.2) is 49.2 Å². The van der Waals surface area contributed by atoms with E-state index >= 15 is 0 Å². The van der Waals surface area contributed by atoms with Gasteiger partial charge in [-0.2, -0.15) is 4.31 Å². The van der Waals surface area contributed by atoms with Crippen molar-refractivity contribution in [2.75, 3.05) is 6.61 Å². The average Bonchev–Trinajstić information content (AvgIpc) is 3.44. The molecule has 1 spiro atoms. The van der Waals surface area contributed by atoms with E-state index in [2.05, 4.69) is 0 Å². The summed E-state index contributed by atoms with van der Waals surface area (Å²) in [6.07, 6.45) is -2.42. The zero-order valence-electron chi connectivity index (χ0n) is 21.9. The first-order valence-corrected chi connectivity index (χ1v) is 14.4. The Morgan fingerprint density at radius 3 is 2.10 bits per heavy atom. The van der Waals surface area contributed by atoms with Gasteiger partial charge in [-0.1, -0.05) is 91.0 Å². The molecule has 0 radical (unpaired) electrons. The van der Waals surface area contributed by atoms with Crippen LogP contribution in [-0.2, 0) is 42.1 Å². The molecule has 3 aromatic rings. The average molecular weight is 549 g/mol. The standard InChI is InChI=1S/C30H32N2O6S/c1-29(2)37-27-28(38-29)36-24(20-35-19-22-14-8-4-9-15-22)30(27)26(31)25(23-16-10-5-11-17-23)39(33,34)32(30)18-21-12-6-3-7-13-21/h3-17,24,27-28H,18-20,31H2,1-2H3/t24-,27+,28-,30+/m1/s1. The summed E-state index contributed by atoms with van der Waals surface area (Å²) in [5.74, 6) is -0.990. The largest absolute Gasteiger partial charge is 0.399 e. The minimum Gasteiger partial charge on any atom is -0.399 e. The summed E-state index contributed by atoms with van der Waals surface area (Å²) in [5, 5.41) is 0. The van der Waals surface area contributed by atoms with Gasteiger partial charge in [0.15, 0.2) is 12.1 Å². The van der Waals surface area contributed by atoms with Crippen molar-refractivity contribution in [2.45, 2.75) is 56.8 Å². The Balaban J connectivity index is 1.48. The molecule has 0 bridgehead atoms. The molecular weight excluding hydrogens is 516 g/mol. The topological polar surface area (TPSA) is 100 Å². The Labute approximate surface area is 229 Å². The highest BCUT2D eigenvalue weighted by molar-refractivity contribution is 7.98. The third-order valence-corrected chi connectivity index (χ3v) is 9.49. The third kappa shape index (κ3) is 4.39. The van der Waals surface area contributed by atoms with Crippen molar-refractivity contribution in [3.05, 3.63) is 113 Å². The highest BCUT2D eigenvalue weighted by Crippen LogP contribution is 2.56. The zero-order valence-corrected chi connectivity index (χ0v) is 22.7. The van der Waals surface area contributed by atoms with Gasteiger partial charge in [0.2, 0.25) is 10.0 Å². The summed E-state index contributed by atoms with van der Waals surface area (Å²) in [7, 11) is -4.09. The lowest BCUT2D eigenvalue weighted by Gasteiger charge is -2.41. The van der Waals surface area contributed by atoms with Crippen LogP contribution in [0.2, 0.25) is 0 Å². The molecule has 3 aliphatic heterocycles. The number of hydrogen-bond donors (Lipinski definition) is 1. The van der Waals surface area contributed by atoms with Gasteiger partial charge in [0.25, 0.3) is 0 Å². The van der Waals surface area contributed by atoms with Crippen LogP contribution in [0, 0.1) is 0 Å². The van der Waals surface area contributed by atoms with Crippen molar-refractivity contribution in [1.82, 2.24) is 4.31 Å². The molecule has 6 rings (SSSR count). The fourth-order valence-electron chi connectivity index (χ4n) is 5.85. The first-order chi connectivity index (χ1) is 18.7. The van der Waals surface area contributed by atoms with Crippen LogP contribution >= 0.6 is 0 Å². The molecule has 2 fully saturated rings. The molecule has 2 N–H and O–H groups in total. The minimum atomic E-state index is -4.09. The molecule has 2 saturated heterocycles. The van der Waals surface area contributed by atoms with Crippen molar-refractivity contribution in [2.24, 2.45) is 5.73 Å². The molecule has 0 saturated carbocycles. The molecule has 3 heterocycles. The van der Waals surface area contributed by atoms with E-state index in [1.165, 1.54) is 4.31 Å². The Bertz CT molecular complexity index is 1460. The van der Waals surface area contributed by atoms with Gasteiger partial charge in [0, 0.05) is 6.54 Å². The number of fused-ring (bicyclic) bond motifs is 2. The second-order valence-corrected chi connectivity index (χ2v) is 12.3. The van der Waals surface area contributed by atoms with Crippen molar-refractivity contribution < 1.29 is 27.4 Å². The molecule has 204 valence electrons. The fourth-order valence-corrected chi connectivity index (χ4v) is 7.99. The Morgan fingerprint density at radius 1 is 0.872 bits per heavy atom. The Hall–Kier alpha value is -3.05. The first-order valence-electron chi connectivity index (χ1n) is 13.0. The highest BCUT2D eigenvalue weighted by Gasteiger charge is 2.73. The van der Waals surface area contributed by atoms with E-state index in [1.807, 2.05) is 66.7 Å². The maximum absolute atomic E-state index is 14.5. The molecule has 0 aliphatic carbocycles. The van der Waals surface area contributed by atoms with Crippen LogP contribution in [0.4, 0.5) is 0 Å². The summed E-state index contributed by atoms with van der Waals surface area (Å²) < 4.78 is 55.4. The van der Waals surface area contributed by atoms with E-state index < -0.39 is 39.8 Å². The summed E-state index contributed by atoms with van der Waals surface area (Å²) in [6, 6.07) is 28.1. The maximum atomic E-state index is 14.5. The molecule has 4 atom stereocenters. The normalized spacial score (nSPS) is 29.2. The number of nitrogens with zero attached hydrogens (tertiary/aromatic N) is 1. The van der Waals surface area contributed by atoms with Crippen molar-refractivity contribution in [1.29, 1.82) is 0 Å². The SMILES string of the molecule is CC1(C)O[C@H]2O[C@H](COCc3ccccc3)[C@]3(C(N)=C(c4ccccc4)S(=O)(=O)N3Cc3ccccc3)[C@H]2O1. The van der Waals surface area contributed by atoms with Crippen LogP contribution in [0.25, 0.3) is 4.91 Å². The number of hydrogen-bond acceptors (Lipinski definition) is 7. The third-order valence-electron chi connectivity index (χ3n) is 7.50. The van der Waals surface area contributed by atoms with Gasteiger partial charge in [-0.25, -0.2) is 8.42 Å². The highest BCUT2D eigenvalue weighted by atomic mass is 32.2. The lowest BCUT2D eigenvalue weighted by molar-refractivity contribution is -0.220. The van der Waals surface area contributed by atoms with Gasteiger partial charge in [-0.05, 0) is 30.5 Å². The Morgan fingerprint density at radius 2 is 1.46 bits per heavy atom. The molecule has 3 aliphatic rings. The van der Waals surface area contributed by atoms with Crippen LogP contribution in [0.1, 0.15) is 30.5 Å². The molecule has 9 heteroatoms. The molecule has 8 nitrogen and oxygen atoms in total. The predicted molar refractivity (Wildman–Crippen MR) is 146 cm³/mol. The second kappa shape index (κ2) is 9.85. The quantitative estimate of drug-likeness (QED) is 0.477. The summed E-state index contributed by atoms with van der Waals surface area (Å²) in [4.78, 5) is 0.0599. The minimum absolute atomic E-state index is 0.0599. The lowest BCUT2D eigenvalue weighted by atomic mass is 9.83. The second-order valence-electron chi connectivity index (χ2n) is 10.5. The summed E-state index contributed by atoms with van der Waals surface area (Å²) in [6.45, 7) is 4.06. The Kier molecular flexibility index (Phi) is 6.61. The summed E-state index contributed by atoms with van der Waals surface area (Å²) >= 11 is 0. The lowest BCUT2D eigenvalue weighted by Crippen LogP contribution is -2.62. The molecule has 0 aromatic heterocycles. The predicted octanol–water partition coefficient (Wildman–Crippen LogP) is 3.99. The van der Waals surface area contributed by atoms with Gasteiger partial charge < -0.3 is 24.7 Å². The van der Waals surface area contributed by atoms with E-state index in [-0.39, 0.29) is 23.8 Å². The van der Waals surface area contributed by atoms with E-state index in [1.54, 1.807) is 38.1 Å². The van der Waals surface area contributed by atoms with Crippen LogP contribution in [0.5, 0.6) is 0 Å². The maximum Gasteiger partial charge on any atom is 0.246 e. The number of ether oxygens (including phenoxy) is 4. The van der Waals surface area contributed by atoms with E-state index in [0.29, 0.717) is 12.2 Å². The number of sulfonamides is 1. The van der Waals surface area contributed by atoms with E-state index in [4.69, 9.17) is 24.7 Å². The molecular formula is C30H32N2O6S. The van der Waals surface area contributed by atoms with Gasteiger partial charge in [-0.3, -0.25) is 0 Å². The first kappa shape index (κ1) is 26.2. The zero-order chi connectivity index (χ0) is 27.3. The van der Waals surface area contributed by atoms with Gasteiger partial charge in [-0.15, -0.1) is 0 Å². The van der Waals surface area contributed by atoms with Crippen LogP contribution < -0.4 is 5.73 Å². The van der Waals surface area contributed by atoms with Gasteiger partial charge in [0.1, 0.15) is 22.7 Å². The molecule has 0 unspecified atom stereocenters. The van der Waals surface area contributed by atoms with E-state index in [0.717, 1.165) is 11.1 Å². The fraction of sp³-hybridized carbons (Fsp3) is 0.333. The number of benzene rings is 3. The van der Waals surface area contributed by atoms with E-state index in [9.17, 15) is 8.42 Å². The molecule has 3 aromatic carbocycles. The number of rotatable bonds is 7. The molecule has 39 heavy (non-hydrogen) atoms. The smallest absolute Gasteiger partial charge is 0.246 e.